The van der Waals surface area contributed by atoms with Gasteiger partial charge in [-0.25, -0.2) is 0 Å². The molecule has 0 spiro atoms. The van der Waals surface area contributed by atoms with E-state index in [1.54, 1.807) is 0 Å². The predicted octanol–water partition coefficient (Wildman–Crippen LogP) is 3.41. The van der Waals surface area contributed by atoms with E-state index in [4.69, 9.17) is 0 Å². The second-order valence-corrected chi connectivity index (χ2v) is 6.01. The van der Waals surface area contributed by atoms with Gasteiger partial charge in [-0.2, -0.15) is 13.2 Å². The molecule has 8 heteroatoms. The molecule has 0 saturated heterocycles. The maximum Gasteiger partial charge on any atom is 0.391 e. The number of halogens is 3. The minimum atomic E-state index is -4.21. The molecule has 1 N–H and O–H groups in total. The number of nitrogens with one attached hydrogen (secondary N) is 1. The molecule has 4 nitrogen and oxygen atoms in total. The largest absolute Gasteiger partial charge is 0.391 e. The number of rotatable bonds is 3. The van der Waals surface area contributed by atoms with Crippen LogP contribution in [0.1, 0.15) is 37.6 Å². The van der Waals surface area contributed by atoms with Crippen LogP contribution < -0.4 is 5.32 Å². The molecule has 112 valence electrons. The summed E-state index contributed by atoms with van der Waals surface area (Å²) in [5, 5.41) is 11.4. The maximum absolute atomic E-state index is 12.7. The second-order valence-electron chi connectivity index (χ2n) is 4.95. The lowest BCUT2D eigenvalue weighted by Gasteiger charge is -2.29. The van der Waals surface area contributed by atoms with Crippen molar-refractivity contribution in [2.75, 3.05) is 5.32 Å². The van der Waals surface area contributed by atoms with Crippen molar-refractivity contribution in [1.82, 2.24) is 10.2 Å². The van der Waals surface area contributed by atoms with Crippen molar-refractivity contribution >= 4 is 22.4 Å². The summed E-state index contributed by atoms with van der Waals surface area (Å²) in [5.74, 6) is -2.34. The van der Waals surface area contributed by atoms with Crippen molar-refractivity contribution in [2.24, 2.45) is 11.8 Å². The Morgan fingerprint density at radius 2 is 2.15 bits per heavy atom. The first-order valence-corrected chi connectivity index (χ1v) is 7.41. The molecule has 1 amide bonds. The van der Waals surface area contributed by atoms with E-state index >= 15 is 0 Å². The number of carbonyl (C=O) groups is 1. The van der Waals surface area contributed by atoms with Gasteiger partial charge < -0.3 is 5.32 Å². The van der Waals surface area contributed by atoms with Gasteiger partial charge in [0, 0.05) is 5.92 Å². The lowest BCUT2D eigenvalue weighted by Crippen LogP contribution is -2.34. The zero-order valence-corrected chi connectivity index (χ0v) is 11.9. The zero-order chi connectivity index (χ0) is 14.8. The lowest BCUT2D eigenvalue weighted by atomic mass is 9.80. The fourth-order valence-electron chi connectivity index (χ4n) is 2.38. The minimum absolute atomic E-state index is 0.117. The summed E-state index contributed by atoms with van der Waals surface area (Å²) in [7, 11) is 0. The van der Waals surface area contributed by atoms with Gasteiger partial charge in [0.15, 0.2) is 0 Å². The Hall–Kier alpha value is -1.18. The van der Waals surface area contributed by atoms with Crippen molar-refractivity contribution in [3.8, 4) is 0 Å². The molecule has 1 saturated carbocycles. The van der Waals surface area contributed by atoms with Crippen LogP contribution in [0.3, 0.4) is 0 Å². The van der Waals surface area contributed by atoms with E-state index in [1.165, 1.54) is 11.3 Å². The SMILES string of the molecule is CCc1nnc(NC(=O)C2CCCC(C(F)(F)F)C2)s1. The van der Waals surface area contributed by atoms with Crippen molar-refractivity contribution in [1.29, 1.82) is 0 Å². The van der Waals surface area contributed by atoms with Crippen LogP contribution in [0.5, 0.6) is 0 Å². The first-order chi connectivity index (χ1) is 9.40. The van der Waals surface area contributed by atoms with Crippen LogP contribution >= 0.6 is 11.3 Å². The molecule has 1 heterocycles. The number of carbonyl (C=O) groups excluding carboxylic acids is 1. The van der Waals surface area contributed by atoms with Crippen LogP contribution in [-0.2, 0) is 11.2 Å². The number of alkyl halides is 3. The molecule has 0 aliphatic heterocycles. The molecule has 1 fully saturated rings. The van der Waals surface area contributed by atoms with Gasteiger partial charge in [-0.3, -0.25) is 4.79 Å². The summed E-state index contributed by atoms with van der Waals surface area (Å²) in [4.78, 5) is 12.0. The zero-order valence-electron chi connectivity index (χ0n) is 11.0. The smallest absolute Gasteiger partial charge is 0.300 e. The number of aryl methyl sites for hydroxylation is 1. The van der Waals surface area contributed by atoms with E-state index in [0.717, 1.165) is 5.01 Å². The second kappa shape index (κ2) is 6.07. The highest BCUT2D eigenvalue weighted by Crippen LogP contribution is 2.40. The van der Waals surface area contributed by atoms with E-state index < -0.39 is 18.0 Å². The van der Waals surface area contributed by atoms with Gasteiger partial charge in [0.25, 0.3) is 0 Å². The average molecular weight is 307 g/mol. The molecule has 2 rings (SSSR count). The Bertz CT molecular complexity index is 475. The normalized spacial score (nSPS) is 23.6. The summed E-state index contributed by atoms with van der Waals surface area (Å²) in [6.07, 6.45) is -2.58. The molecule has 1 aliphatic carbocycles. The number of aromatic nitrogens is 2. The number of hydrogen-bond donors (Lipinski definition) is 1. The molecule has 0 radical (unpaired) electrons. The van der Waals surface area contributed by atoms with Gasteiger partial charge in [-0.1, -0.05) is 24.7 Å². The van der Waals surface area contributed by atoms with Gasteiger partial charge in [0.05, 0.1) is 5.92 Å². The van der Waals surface area contributed by atoms with Crippen LogP contribution in [0.15, 0.2) is 0 Å². The van der Waals surface area contributed by atoms with Crippen molar-refractivity contribution in [3.63, 3.8) is 0 Å². The van der Waals surface area contributed by atoms with Crippen LogP contribution in [-0.4, -0.2) is 22.3 Å². The van der Waals surface area contributed by atoms with Crippen LogP contribution in [0.2, 0.25) is 0 Å². The predicted molar refractivity (Wildman–Crippen MR) is 69.4 cm³/mol. The third-order valence-electron chi connectivity index (χ3n) is 3.51. The van der Waals surface area contributed by atoms with E-state index in [1.807, 2.05) is 6.92 Å². The first-order valence-electron chi connectivity index (χ1n) is 6.60. The average Bonchev–Trinajstić information content (AvgIpc) is 2.85. The molecular weight excluding hydrogens is 291 g/mol. The Kier molecular flexibility index (Phi) is 4.62. The molecule has 1 aliphatic rings. The van der Waals surface area contributed by atoms with E-state index in [0.29, 0.717) is 24.4 Å². The van der Waals surface area contributed by atoms with E-state index in [-0.39, 0.29) is 18.7 Å². The molecular formula is C12H16F3N3OS. The van der Waals surface area contributed by atoms with Crippen LogP contribution in [0.4, 0.5) is 18.3 Å². The number of nitrogens with zero attached hydrogens (tertiary/aromatic N) is 2. The van der Waals surface area contributed by atoms with Gasteiger partial charge in [0.2, 0.25) is 11.0 Å². The lowest BCUT2D eigenvalue weighted by molar-refractivity contribution is -0.185. The summed E-state index contributed by atoms with van der Waals surface area (Å²) in [6.45, 7) is 1.92. The topological polar surface area (TPSA) is 54.9 Å². The summed E-state index contributed by atoms with van der Waals surface area (Å²) >= 11 is 1.26. The highest BCUT2D eigenvalue weighted by Gasteiger charge is 2.43. The molecule has 2 unspecified atom stereocenters. The maximum atomic E-state index is 12.7. The summed E-state index contributed by atoms with van der Waals surface area (Å²) in [6, 6.07) is 0. The molecule has 0 bridgehead atoms. The molecule has 1 aromatic heterocycles. The first kappa shape index (κ1) is 15.2. The van der Waals surface area contributed by atoms with Gasteiger partial charge in [-0.05, 0) is 25.7 Å². The Morgan fingerprint density at radius 3 is 2.75 bits per heavy atom. The highest BCUT2D eigenvalue weighted by atomic mass is 32.1. The van der Waals surface area contributed by atoms with Crippen molar-refractivity contribution < 1.29 is 18.0 Å². The Labute approximate surface area is 118 Å². The molecule has 0 aromatic carbocycles. The summed E-state index contributed by atoms with van der Waals surface area (Å²) in [5.41, 5.74) is 0. The number of anilines is 1. The third kappa shape index (κ3) is 3.68. The van der Waals surface area contributed by atoms with Crippen LogP contribution in [0.25, 0.3) is 0 Å². The quantitative estimate of drug-likeness (QED) is 0.931. The molecule has 2 atom stereocenters. The van der Waals surface area contributed by atoms with Gasteiger partial charge >= 0.3 is 6.18 Å². The third-order valence-corrected chi connectivity index (χ3v) is 4.49. The van der Waals surface area contributed by atoms with Crippen molar-refractivity contribution in [2.45, 2.75) is 45.2 Å². The Morgan fingerprint density at radius 1 is 1.40 bits per heavy atom. The molecule has 1 aromatic rings. The van der Waals surface area contributed by atoms with Crippen molar-refractivity contribution in [3.05, 3.63) is 5.01 Å². The van der Waals surface area contributed by atoms with Gasteiger partial charge in [-0.15, -0.1) is 10.2 Å². The highest BCUT2D eigenvalue weighted by molar-refractivity contribution is 7.15. The number of hydrogen-bond acceptors (Lipinski definition) is 4. The van der Waals surface area contributed by atoms with E-state index in [2.05, 4.69) is 15.5 Å². The molecule has 20 heavy (non-hydrogen) atoms. The Balaban J connectivity index is 1.95. The fourth-order valence-corrected chi connectivity index (χ4v) is 3.06. The minimum Gasteiger partial charge on any atom is -0.300 e. The standard InChI is InChI=1S/C12H16F3N3OS/c1-2-9-17-18-11(20-9)16-10(19)7-4-3-5-8(6-7)12(13,14)15/h7-8H,2-6H2,1H3,(H,16,18,19). The fraction of sp³-hybridized carbons (Fsp3) is 0.750. The van der Waals surface area contributed by atoms with Crippen LogP contribution in [0, 0.1) is 11.8 Å². The van der Waals surface area contributed by atoms with Gasteiger partial charge in [0.1, 0.15) is 5.01 Å². The summed E-state index contributed by atoms with van der Waals surface area (Å²) < 4.78 is 38.1. The monoisotopic (exact) mass is 307 g/mol. The van der Waals surface area contributed by atoms with E-state index in [9.17, 15) is 18.0 Å². The number of amides is 1.